The molecule has 1 aliphatic heterocycles. The Kier molecular flexibility index (Phi) is 8.92. The monoisotopic (exact) mass is 365 g/mol. The molecule has 4 rings (SSSR count). The molecule has 0 saturated carbocycles. The molecule has 26 heavy (non-hydrogen) atoms. The number of fused-ring (bicyclic) bond motifs is 2. The van der Waals surface area contributed by atoms with E-state index in [9.17, 15) is 0 Å². The van der Waals surface area contributed by atoms with Crippen molar-refractivity contribution in [3.05, 3.63) is 84.3 Å². The molecule has 3 aromatic rings. The van der Waals surface area contributed by atoms with Gasteiger partial charge in [-0.1, -0.05) is 49.7 Å². The van der Waals surface area contributed by atoms with Gasteiger partial charge in [-0.15, -0.1) is 0 Å². The third-order valence-corrected chi connectivity index (χ3v) is 3.79. The topological polar surface area (TPSA) is 34.7 Å². The quantitative estimate of drug-likeness (QED) is 0.234. The van der Waals surface area contributed by atoms with Crippen molar-refractivity contribution in [2.45, 2.75) is 26.2 Å². The van der Waals surface area contributed by atoms with Crippen molar-refractivity contribution >= 4 is 17.4 Å². The summed E-state index contributed by atoms with van der Waals surface area (Å²) in [5, 5.41) is 2.31. The predicted octanol–water partition coefficient (Wildman–Crippen LogP) is 6.55. The molecule has 0 N–H and O–H groups in total. The number of ether oxygens (including phenoxy) is 1. The van der Waals surface area contributed by atoms with Gasteiger partial charge in [0.15, 0.2) is 0 Å². The zero-order valence-corrected chi connectivity index (χ0v) is 15.7. The molecule has 0 saturated heterocycles. The molecule has 0 fully saturated rings. The Bertz CT molecular complexity index is 704. The highest BCUT2D eigenvalue weighted by Gasteiger charge is 2.14. The first-order valence-electron chi connectivity index (χ1n) is 8.69. The fraction of sp³-hybridized carbons (Fsp3) is 0.227. The normalized spacial score (nSPS) is 10.3. The van der Waals surface area contributed by atoms with Gasteiger partial charge in [0.1, 0.15) is 11.5 Å². The van der Waals surface area contributed by atoms with Crippen molar-refractivity contribution < 1.29 is 9.15 Å². The Morgan fingerprint density at radius 1 is 0.923 bits per heavy atom. The van der Waals surface area contributed by atoms with Crippen LogP contribution in [0, 0.1) is 0 Å². The molecule has 134 valence electrons. The van der Waals surface area contributed by atoms with E-state index in [4.69, 9.17) is 4.74 Å². The van der Waals surface area contributed by atoms with Crippen LogP contribution in [0.2, 0.25) is 0 Å². The van der Waals surface area contributed by atoms with Gasteiger partial charge in [0.25, 0.3) is 0 Å². The molecule has 2 aromatic carbocycles. The smallest absolute Gasteiger partial charge is 0.130 e. The Hall–Kier alpha value is -2.68. The van der Waals surface area contributed by atoms with Crippen molar-refractivity contribution in [2.24, 2.45) is 4.99 Å². The number of nitrogens with zero attached hydrogens (tertiary/aromatic N) is 1. The third-order valence-electron chi connectivity index (χ3n) is 3.66. The molecule has 0 spiro atoms. The van der Waals surface area contributed by atoms with Crippen molar-refractivity contribution in [1.82, 2.24) is 0 Å². The van der Waals surface area contributed by atoms with Crippen LogP contribution in [0.4, 0.5) is 0 Å². The first-order valence-corrected chi connectivity index (χ1v) is 9.10. The molecule has 0 aliphatic carbocycles. The number of benzene rings is 2. The summed E-state index contributed by atoms with van der Waals surface area (Å²) < 4.78 is 10.4. The summed E-state index contributed by atoms with van der Waals surface area (Å²) in [6.45, 7) is 2.97. The average Bonchev–Trinajstić information content (AvgIpc) is 3.27. The number of hydrogen-bond acceptors (Lipinski definition) is 4. The molecule has 0 radical (unpaired) electrons. The lowest BCUT2D eigenvalue weighted by atomic mass is 10.0. The molecule has 2 heterocycles. The maximum Gasteiger partial charge on any atom is 0.130 e. The van der Waals surface area contributed by atoms with E-state index in [1.165, 1.54) is 17.5 Å². The maximum atomic E-state index is 5.78. The molecule has 1 aliphatic rings. The van der Waals surface area contributed by atoms with Gasteiger partial charge in [-0.3, -0.25) is 0 Å². The van der Waals surface area contributed by atoms with Gasteiger partial charge in [0, 0.05) is 13.0 Å². The minimum Gasteiger partial charge on any atom is -0.473 e. The summed E-state index contributed by atoms with van der Waals surface area (Å²) in [7, 11) is 0. The molecule has 1 aromatic heterocycles. The second-order valence-corrected chi connectivity index (χ2v) is 5.80. The number of hydrogen-bond donors (Lipinski definition) is 0. The van der Waals surface area contributed by atoms with Crippen LogP contribution in [0.1, 0.15) is 30.9 Å². The van der Waals surface area contributed by atoms with Gasteiger partial charge in [-0.2, -0.15) is 0 Å². The second kappa shape index (κ2) is 11.8. The SMILES string of the molecule is CCCCN=C=S.c1ccc2c(c1)Cc1ccccc1O2.c1ccoc1. The molecular weight excluding hydrogens is 342 g/mol. The van der Waals surface area contributed by atoms with Crippen LogP contribution in [0.25, 0.3) is 0 Å². The minimum absolute atomic E-state index is 0.847. The predicted molar refractivity (Wildman–Crippen MR) is 109 cm³/mol. The van der Waals surface area contributed by atoms with Crippen molar-refractivity contribution in [2.75, 3.05) is 6.54 Å². The van der Waals surface area contributed by atoms with Crippen LogP contribution in [0.5, 0.6) is 11.5 Å². The van der Waals surface area contributed by atoms with Gasteiger partial charge in [0.2, 0.25) is 0 Å². The summed E-state index contributed by atoms with van der Waals surface area (Å²) in [4.78, 5) is 3.73. The van der Waals surface area contributed by atoms with Gasteiger partial charge in [0.05, 0.1) is 17.7 Å². The van der Waals surface area contributed by atoms with Crippen molar-refractivity contribution in [3.8, 4) is 11.5 Å². The molecule has 0 bridgehead atoms. The van der Waals surface area contributed by atoms with Crippen molar-refractivity contribution in [1.29, 1.82) is 0 Å². The van der Waals surface area contributed by atoms with Gasteiger partial charge >= 0.3 is 0 Å². The maximum absolute atomic E-state index is 5.78. The fourth-order valence-electron chi connectivity index (χ4n) is 2.33. The van der Waals surface area contributed by atoms with E-state index in [2.05, 4.69) is 58.0 Å². The first kappa shape index (κ1) is 19.6. The Labute approximate surface area is 160 Å². The van der Waals surface area contributed by atoms with Crippen LogP contribution in [-0.2, 0) is 6.42 Å². The standard InChI is InChI=1S/C13H10O.C5H9NS.C4H4O/c1-3-7-12-10(5-1)9-11-6-2-4-8-13(11)14-12;1-2-3-4-6-5-7;1-2-4-5-3-1/h1-8H,9H2;2-4H2,1H3;1-4H. The molecule has 3 nitrogen and oxygen atoms in total. The first-order chi connectivity index (χ1) is 12.8. The minimum atomic E-state index is 0.847. The Balaban J connectivity index is 0.000000170. The Morgan fingerprint density at radius 3 is 1.96 bits per heavy atom. The highest BCUT2D eigenvalue weighted by molar-refractivity contribution is 7.78. The van der Waals surface area contributed by atoms with E-state index >= 15 is 0 Å². The summed E-state index contributed by atoms with van der Waals surface area (Å²) >= 11 is 4.35. The van der Waals surface area contributed by atoms with E-state index < -0.39 is 0 Å². The summed E-state index contributed by atoms with van der Waals surface area (Å²) in [5.74, 6) is 1.98. The van der Waals surface area contributed by atoms with Crippen LogP contribution in [0.15, 0.2) is 82.6 Å². The van der Waals surface area contributed by atoms with Crippen LogP contribution in [0.3, 0.4) is 0 Å². The van der Waals surface area contributed by atoms with E-state index in [0.29, 0.717) is 0 Å². The molecule has 0 amide bonds. The van der Waals surface area contributed by atoms with Crippen LogP contribution in [-0.4, -0.2) is 11.7 Å². The lowest BCUT2D eigenvalue weighted by molar-refractivity contribution is 0.460. The summed E-state index contributed by atoms with van der Waals surface area (Å²) in [5.41, 5.74) is 2.54. The third kappa shape index (κ3) is 6.67. The highest BCUT2D eigenvalue weighted by atomic mass is 32.1. The van der Waals surface area contributed by atoms with E-state index in [1.807, 2.05) is 36.4 Å². The second-order valence-electron chi connectivity index (χ2n) is 5.61. The number of thiocarbonyl (C=S) groups is 1. The van der Waals surface area contributed by atoms with E-state index in [-0.39, 0.29) is 0 Å². The zero-order chi connectivity index (χ0) is 18.5. The Morgan fingerprint density at radius 2 is 1.50 bits per heavy atom. The largest absolute Gasteiger partial charge is 0.473 e. The van der Waals surface area contributed by atoms with Gasteiger partial charge < -0.3 is 9.15 Å². The molecule has 4 heteroatoms. The van der Waals surface area contributed by atoms with E-state index in [1.54, 1.807) is 12.5 Å². The number of unbranched alkanes of at least 4 members (excludes halogenated alkanes) is 1. The van der Waals surface area contributed by atoms with Crippen LogP contribution < -0.4 is 4.74 Å². The molecule has 0 atom stereocenters. The zero-order valence-electron chi connectivity index (χ0n) is 14.9. The number of aliphatic imine (C=N–C) groups is 1. The van der Waals surface area contributed by atoms with Crippen LogP contribution >= 0.6 is 12.2 Å². The highest BCUT2D eigenvalue weighted by Crippen LogP contribution is 2.35. The van der Waals surface area contributed by atoms with Gasteiger partial charge in [-0.25, -0.2) is 4.99 Å². The number of furan rings is 1. The lowest BCUT2D eigenvalue weighted by Crippen LogP contribution is -2.01. The molecule has 0 unspecified atom stereocenters. The summed E-state index contributed by atoms with van der Waals surface area (Å²) in [6.07, 6.45) is 6.54. The fourth-order valence-corrected chi connectivity index (χ4v) is 2.42. The van der Waals surface area contributed by atoms with Crippen molar-refractivity contribution in [3.63, 3.8) is 0 Å². The lowest BCUT2D eigenvalue weighted by Gasteiger charge is -2.19. The molecular formula is C22H23NO2S. The summed E-state index contributed by atoms with van der Waals surface area (Å²) in [6, 6.07) is 20.1. The van der Waals surface area contributed by atoms with E-state index in [0.717, 1.165) is 30.9 Å². The number of para-hydroxylation sites is 2. The number of isothiocyanates is 1. The number of rotatable bonds is 3. The van der Waals surface area contributed by atoms with Gasteiger partial charge in [-0.05, 0) is 54.0 Å². The average molecular weight is 365 g/mol.